The molecule has 9 rings (SSSR count). The SMILES string of the molecule is Cc1cc(C)c(-c2cc(C(C)C)c(N3[CH-]N(c4[c-]c(Oc5[c-]c6c(cc5)c5ccccc5n6-c5cc(C(C)(C)C)ccn5)ccc4)c4ccccc43)c(C(C)C)c2)c(C)c1.[Pt]. The molecular formula is C55H53N4OPt-3. The van der Waals surface area contributed by atoms with Gasteiger partial charge in [-0.2, -0.15) is 12.1 Å². The number of rotatable bonds is 8. The van der Waals surface area contributed by atoms with Crippen molar-refractivity contribution in [3.05, 3.63) is 174 Å². The van der Waals surface area contributed by atoms with E-state index in [2.05, 4.69) is 199 Å². The minimum atomic E-state index is -0.0161. The van der Waals surface area contributed by atoms with Gasteiger partial charge in [0.25, 0.3) is 0 Å². The van der Waals surface area contributed by atoms with Gasteiger partial charge in [-0.25, -0.2) is 4.98 Å². The fourth-order valence-corrected chi connectivity index (χ4v) is 9.03. The van der Waals surface area contributed by atoms with Crippen LogP contribution in [-0.4, -0.2) is 9.55 Å². The minimum Gasteiger partial charge on any atom is -0.509 e. The quantitative estimate of drug-likeness (QED) is 0.142. The number of pyridine rings is 1. The van der Waals surface area contributed by atoms with Gasteiger partial charge in [0.2, 0.25) is 0 Å². The zero-order valence-electron chi connectivity index (χ0n) is 36.8. The van der Waals surface area contributed by atoms with Crippen molar-refractivity contribution in [3.8, 4) is 28.4 Å². The first-order chi connectivity index (χ1) is 28.8. The number of anilines is 4. The third kappa shape index (κ3) is 7.67. The molecule has 0 unspecified atom stereocenters. The molecule has 0 spiro atoms. The van der Waals surface area contributed by atoms with Crippen LogP contribution in [0.4, 0.5) is 22.7 Å². The smallest absolute Gasteiger partial charge is 0.135 e. The summed E-state index contributed by atoms with van der Waals surface area (Å²) in [6.45, 7) is 24.8. The maximum atomic E-state index is 6.63. The molecule has 0 atom stereocenters. The number of benzene rings is 6. The normalized spacial score (nSPS) is 12.8. The summed E-state index contributed by atoms with van der Waals surface area (Å²) in [5.74, 6) is 2.68. The van der Waals surface area contributed by atoms with Crippen molar-refractivity contribution >= 4 is 44.6 Å². The van der Waals surface area contributed by atoms with Crippen molar-refractivity contribution in [2.45, 2.75) is 86.5 Å². The molecule has 0 amide bonds. The molecule has 6 heteroatoms. The first kappa shape index (κ1) is 42.1. The fourth-order valence-electron chi connectivity index (χ4n) is 9.03. The van der Waals surface area contributed by atoms with Gasteiger partial charge in [0, 0.05) is 61.3 Å². The maximum Gasteiger partial charge on any atom is 0.135 e. The van der Waals surface area contributed by atoms with E-state index >= 15 is 0 Å². The van der Waals surface area contributed by atoms with Gasteiger partial charge in [-0.1, -0.05) is 102 Å². The van der Waals surface area contributed by atoms with E-state index in [1.807, 2.05) is 24.4 Å². The average Bonchev–Trinajstić information content (AvgIpc) is 3.76. The predicted octanol–water partition coefficient (Wildman–Crippen LogP) is 15.1. The Hall–Kier alpha value is -5.64. The second-order valence-electron chi connectivity index (χ2n) is 18.0. The summed E-state index contributed by atoms with van der Waals surface area (Å²) >= 11 is 0. The van der Waals surface area contributed by atoms with Crippen LogP contribution in [0, 0.1) is 39.6 Å². The van der Waals surface area contributed by atoms with Crippen LogP contribution in [0.5, 0.6) is 11.5 Å². The zero-order chi connectivity index (χ0) is 42.0. The van der Waals surface area contributed by atoms with Gasteiger partial charge in [0.05, 0.1) is 0 Å². The van der Waals surface area contributed by atoms with Crippen molar-refractivity contribution in [1.82, 2.24) is 9.55 Å². The summed E-state index contributed by atoms with van der Waals surface area (Å²) in [6, 6.07) is 48.4. The zero-order valence-corrected chi connectivity index (χ0v) is 39.1. The number of ether oxygens (including phenoxy) is 1. The Labute approximate surface area is 376 Å². The van der Waals surface area contributed by atoms with E-state index in [0.717, 1.165) is 44.7 Å². The molecular weight excluding hydrogens is 928 g/mol. The number of aryl methyl sites for hydroxylation is 3. The van der Waals surface area contributed by atoms with Crippen LogP contribution in [0.25, 0.3) is 38.8 Å². The summed E-state index contributed by atoms with van der Waals surface area (Å²) in [7, 11) is 0. The number of para-hydroxylation sites is 3. The van der Waals surface area contributed by atoms with Crippen molar-refractivity contribution in [2.75, 3.05) is 9.80 Å². The summed E-state index contributed by atoms with van der Waals surface area (Å²) in [6.07, 6.45) is 1.90. The molecule has 0 fully saturated rings. The molecule has 6 aromatic carbocycles. The molecule has 1 aliphatic heterocycles. The van der Waals surface area contributed by atoms with Crippen LogP contribution in [0.15, 0.2) is 121 Å². The molecule has 5 nitrogen and oxygen atoms in total. The summed E-state index contributed by atoms with van der Waals surface area (Å²) in [5, 5.41) is 2.25. The molecule has 0 N–H and O–H groups in total. The van der Waals surface area contributed by atoms with E-state index in [0.29, 0.717) is 23.3 Å². The van der Waals surface area contributed by atoms with Gasteiger partial charge in [-0.05, 0) is 125 Å². The summed E-state index contributed by atoms with van der Waals surface area (Å²) < 4.78 is 8.83. The Balaban J connectivity index is 0.00000514. The van der Waals surface area contributed by atoms with Gasteiger partial charge in [-0.3, -0.25) is 0 Å². The third-order valence-electron chi connectivity index (χ3n) is 11.9. The van der Waals surface area contributed by atoms with Crippen LogP contribution < -0.4 is 14.5 Å². The molecule has 1 aliphatic rings. The molecule has 0 radical (unpaired) electrons. The summed E-state index contributed by atoms with van der Waals surface area (Å²) in [4.78, 5) is 9.48. The van der Waals surface area contributed by atoms with Crippen LogP contribution in [0.1, 0.15) is 93.7 Å². The predicted molar refractivity (Wildman–Crippen MR) is 251 cm³/mol. The van der Waals surface area contributed by atoms with Gasteiger partial charge >= 0.3 is 0 Å². The Morgan fingerprint density at radius 1 is 0.656 bits per heavy atom. The molecule has 61 heavy (non-hydrogen) atoms. The third-order valence-corrected chi connectivity index (χ3v) is 11.9. The number of hydrogen-bond acceptors (Lipinski definition) is 4. The fraction of sp³-hybridized carbons (Fsp3) is 0.236. The van der Waals surface area contributed by atoms with Crippen molar-refractivity contribution < 1.29 is 25.8 Å². The molecule has 2 aromatic heterocycles. The second-order valence-corrected chi connectivity index (χ2v) is 18.0. The number of aromatic nitrogens is 2. The van der Waals surface area contributed by atoms with Gasteiger partial charge in [0.15, 0.2) is 0 Å². The monoisotopic (exact) mass is 980 g/mol. The number of fused-ring (bicyclic) bond motifs is 4. The molecule has 0 aliphatic carbocycles. The summed E-state index contributed by atoms with van der Waals surface area (Å²) in [5.41, 5.74) is 16.8. The Kier molecular flexibility index (Phi) is 11.3. The van der Waals surface area contributed by atoms with E-state index in [9.17, 15) is 0 Å². The van der Waals surface area contributed by atoms with Crippen molar-refractivity contribution in [3.63, 3.8) is 0 Å². The van der Waals surface area contributed by atoms with E-state index in [1.54, 1.807) is 0 Å². The number of hydrogen-bond donors (Lipinski definition) is 0. The molecule has 0 bridgehead atoms. The Morgan fingerprint density at radius 2 is 1.30 bits per heavy atom. The van der Waals surface area contributed by atoms with Gasteiger partial charge in [0.1, 0.15) is 5.82 Å². The van der Waals surface area contributed by atoms with Crippen molar-refractivity contribution in [2.24, 2.45) is 0 Å². The van der Waals surface area contributed by atoms with Crippen LogP contribution >= 0.6 is 0 Å². The molecule has 0 saturated carbocycles. The Morgan fingerprint density at radius 3 is 1.97 bits per heavy atom. The van der Waals surface area contributed by atoms with Crippen LogP contribution in [-0.2, 0) is 26.5 Å². The van der Waals surface area contributed by atoms with Crippen molar-refractivity contribution in [1.29, 1.82) is 0 Å². The Bertz CT molecular complexity index is 2880. The first-order valence-corrected chi connectivity index (χ1v) is 21.2. The van der Waals surface area contributed by atoms with Crippen LogP contribution in [0.3, 0.4) is 0 Å². The van der Waals surface area contributed by atoms with Gasteiger partial charge in [-0.15, -0.1) is 48.1 Å². The van der Waals surface area contributed by atoms with E-state index in [-0.39, 0.29) is 26.5 Å². The molecule has 0 saturated heterocycles. The molecule has 312 valence electrons. The second kappa shape index (κ2) is 16.3. The van der Waals surface area contributed by atoms with Gasteiger partial charge < -0.3 is 19.1 Å². The average molecular weight is 981 g/mol. The largest absolute Gasteiger partial charge is 0.509 e. The molecule has 8 aromatic rings. The molecule has 3 heterocycles. The van der Waals surface area contributed by atoms with Crippen LogP contribution in [0.2, 0.25) is 0 Å². The minimum absolute atomic E-state index is 0. The topological polar surface area (TPSA) is 33.5 Å². The van der Waals surface area contributed by atoms with E-state index < -0.39 is 0 Å². The maximum absolute atomic E-state index is 6.63. The van der Waals surface area contributed by atoms with E-state index in [4.69, 9.17) is 9.72 Å². The first-order valence-electron chi connectivity index (χ1n) is 21.2. The standard InChI is InChI=1S/C55H53N4O.Pt/c1-34(2)46-28-39(53-37(6)26-36(5)27-38(53)7)29-47(35(3)4)54(46)58-33-57(49-20-13-14-21-50(49)58)41-16-15-17-42(31-41)60-43-22-23-45-44-18-11-12-19-48(44)59(51(45)32-43)52-30-40(24-25-56-52)55(8,9)10;/h11-30,33-35H,1-10H3;/q-3;. The number of nitrogens with zero attached hydrogens (tertiary/aromatic N) is 4. The van der Waals surface area contributed by atoms with E-state index in [1.165, 1.54) is 50.2 Å².